The number of hydrogen-bond acceptors (Lipinski definition) is 3. The van der Waals surface area contributed by atoms with Crippen molar-refractivity contribution in [1.82, 2.24) is 0 Å². The second-order valence-corrected chi connectivity index (χ2v) is 4.26. The Morgan fingerprint density at radius 3 is 2.21 bits per heavy atom. The predicted octanol–water partition coefficient (Wildman–Crippen LogP) is 4.84. The SMILES string of the molecule is Nc1cccc2c(N=Nc3ccccc3)cccc12. The van der Waals surface area contributed by atoms with Gasteiger partial charge in [-0.1, -0.05) is 42.5 Å². The largest absolute Gasteiger partial charge is 0.398 e. The molecule has 2 N–H and O–H groups in total. The molecular weight excluding hydrogens is 234 g/mol. The van der Waals surface area contributed by atoms with Gasteiger partial charge in [-0.25, -0.2) is 0 Å². The predicted molar refractivity (Wildman–Crippen MR) is 79.0 cm³/mol. The molecule has 3 nitrogen and oxygen atoms in total. The molecule has 19 heavy (non-hydrogen) atoms. The fourth-order valence-corrected chi connectivity index (χ4v) is 2.01. The van der Waals surface area contributed by atoms with Crippen molar-refractivity contribution in [2.45, 2.75) is 0 Å². The van der Waals surface area contributed by atoms with Gasteiger partial charge in [0.15, 0.2) is 0 Å². The van der Waals surface area contributed by atoms with Crippen molar-refractivity contribution in [3.8, 4) is 0 Å². The summed E-state index contributed by atoms with van der Waals surface area (Å²) in [6.45, 7) is 0. The highest BCUT2D eigenvalue weighted by atomic mass is 15.1. The summed E-state index contributed by atoms with van der Waals surface area (Å²) in [5, 5.41) is 10.6. The van der Waals surface area contributed by atoms with Crippen molar-refractivity contribution < 1.29 is 0 Å². The van der Waals surface area contributed by atoms with Crippen LogP contribution in [-0.4, -0.2) is 0 Å². The molecular formula is C16H13N3. The summed E-state index contributed by atoms with van der Waals surface area (Å²) in [5.41, 5.74) is 8.38. The molecule has 0 aliphatic carbocycles. The summed E-state index contributed by atoms with van der Waals surface area (Å²) >= 11 is 0. The van der Waals surface area contributed by atoms with Crippen molar-refractivity contribution in [3.63, 3.8) is 0 Å². The van der Waals surface area contributed by atoms with Gasteiger partial charge in [-0.2, -0.15) is 5.11 Å². The van der Waals surface area contributed by atoms with Crippen LogP contribution in [-0.2, 0) is 0 Å². The highest BCUT2D eigenvalue weighted by molar-refractivity contribution is 5.99. The van der Waals surface area contributed by atoms with E-state index < -0.39 is 0 Å². The molecule has 3 aromatic rings. The Morgan fingerprint density at radius 1 is 0.632 bits per heavy atom. The number of fused-ring (bicyclic) bond motifs is 1. The standard InChI is InChI=1S/C16H13N3/c17-15-10-4-9-14-13(15)8-5-11-16(14)19-18-12-6-2-1-3-7-12/h1-11H,17H2. The summed E-state index contributed by atoms with van der Waals surface area (Å²) in [6.07, 6.45) is 0. The van der Waals surface area contributed by atoms with E-state index in [1.54, 1.807) is 0 Å². The number of anilines is 1. The first kappa shape index (κ1) is 11.4. The minimum Gasteiger partial charge on any atom is -0.398 e. The van der Waals surface area contributed by atoms with Gasteiger partial charge >= 0.3 is 0 Å². The Kier molecular flexibility index (Phi) is 2.94. The van der Waals surface area contributed by atoms with Crippen LogP contribution in [0.5, 0.6) is 0 Å². The van der Waals surface area contributed by atoms with E-state index in [0.29, 0.717) is 0 Å². The molecule has 0 aromatic heterocycles. The van der Waals surface area contributed by atoms with Gasteiger partial charge in [0.1, 0.15) is 0 Å². The summed E-state index contributed by atoms with van der Waals surface area (Å²) in [6, 6.07) is 21.4. The van der Waals surface area contributed by atoms with E-state index in [2.05, 4.69) is 10.2 Å². The molecule has 0 aliphatic rings. The van der Waals surface area contributed by atoms with Crippen LogP contribution in [0.15, 0.2) is 77.0 Å². The van der Waals surface area contributed by atoms with Gasteiger partial charge in [0.25, 0.3) is 0 Å². The highest BCUT2D eigenvalue weighted by Crippen LogP contribution is 2.30. The van der Waals surface area contributed by atoms with Crippen LogP contribution in [0.4, 0.5) is 17.1 Å². The third-order valence-electron chi connectivity index (χ3n) is 2.96. The first-order chi connectivity index (χ1) is 9.34. The molecule has 0 atom stereocenters. The van der Waals surface area contributed by atoms with E-state index in [-0.39, 0.29) is 0 Å². The topological polar surface area (TPSA) is 50.7 Å². The van der Waals surface area contributed by atoms with Gasteiger partial charge in [-0.05, 0) is 24.3 Å². The van der Waals surface area contributed by atoms with Crippen molar-refractivity contribution >= 4 is 27.8 Å². The van der Waals surface area contributed by atoms with Crippen LogP contribution >= 0.6 is 0 Å². The number of nitrogens with zero attached hydrogens (tertiary/aromatic N) is 2. The molecule has 0 unspecified atom stereocenters. The summed E-state index contributed by atoms with van der Waals surface area (Å²) < 4.78 is 0. The Morgan fingerprint density at radius 2 is 1.37 bits per heavy atom. The average molecular weight is 247 g/mol. The van der Waals surface area contributed by atoms with Gasteiger partial charge in [0.2, 0.25) is 0 Å². The lowest BCUT2D eigenvalue weighted by atomic mass is 10.1. The Hall–Kier alpha value is -2.68. The highest BCUT2D eigenvalue weighted by Gasteiger charge is 2.01. The molecule has 0 radical (unpaired) electrons. The van der Waals surface area contributed by atoms with E-state index in [0.717, 1.165) is 27.8 Å². The van der Waals surface area contributed by atoms with E-state index in [4.69, 9.17) is 5.73 Å². The molecule has 3 heteroatoms. The molecule has 0 bridgehead atoms. The second-order valence-electron chi connectivity index (χ2n) is 4.26. The minimum absolute atomic E-state index is 0.759. The molecule has 0 heterocycles. The molecule has 0 saturated carbocycles. The summed E-state index contributed by atoms with van der Waals surface area (Å²) in [5.74, 6) is 0. The van der Waals surface area contributed by atoms with Crippen LogP contribution in [0.25, 0.3) is 10.8 Å². The van der Waals surface area contributed by atoms with Crippen molar-refractivity contribution in [2.75, 3.05) is 5.73 Å². The van der Waals surface area contributed by atoms with Crippen LogP contribution in [0, 0.1) is 0 Å². The Labute approximate surface area is 111 Å². The van der Waals surface area contributed by atoms with E-state index in [1.807, 2.05) is 66.7 Å². The minimum atomic E-state index is 0.759. The fraction of sp³-hybridized carbons (Fsp3) is 0. The Balaban J connectivity index is 2.07. The number of rotatable bonds is 2. The first-order valence-corrected chi connectivity index (χ1v) is 6.08. The molecule has 0 spiro atoms. The van der Waals surface area contributed by atoms with Crippen molar-refractivity contribution in [2.24, 2.45) is 10.2 Å². The van der Waals surface area contributed by atoms with E-state index in [1.165, 1.54) is 0 Å². The molecule has 0 aliphatic heterocycles. The van der Waals surface area contributed by atoms with Crippen LogP contribution in [0.1, 0.15) is 0 Å². The number of nitrogens with two attached hydrogens (primary N) is 1. The third-order valence-corrected chi connectivity index (χ3v) is 2.96. The first-order valence-electron chi connectivity index (χ1n) is 6.08. The normalized spacial score (nSPS) is 11.2. The smallest absolute Gasteiger partial charge is 0.0936 e. The zero-order valence-electron chi connectivity index (χ0n) is 10.3. The summed E-state index contributed by atoms with van der Waals surface area (Å²) in [7, 11) is 0. The molecule has 0 saturated heterocycles. The average Bonchev–Trinajstić information content (AvgIpc) is 2.47. The van der Waals surface area contributed by atoms with E-state index in [9.17, 15) is 0 Å². The van der Waals surface area contributed by atoms with Gasteiger partial charge in [-0.15, -0.1) is 5.11 Å². The zero-order valence-corrected chi connectivity index (χ0v) is 10.3. The molecule has 0 amide bonds. The molecule has 0 fully saturated rings. The molecule has 3 rings (SSSR count). The molecule has 92 valence electrons. The van der Waals surface area contributed by atoms with Gasteiger partial charge in [-0.3, -0.25) is 0 Å². The molecule has 3 aromatic carbocycles. The van der Waals surface area contributed by atoms with Crippen LogP contribution < -0.4 is 5.73 Å². The van der Waals surface area contributed by atoms with Crippen molar-refractivity contribution in [1.29, 1.82) is 0 Å². The van der Waals surface area contributed by atoms with Gasteiger partial charge < -0.3 is 5.73 Å². The lowest BCUT2D eigenvalue weighted by Crippen LogP contribution is -1.85. The summed E-state index contributed by atoms with van der Waals surface area (Å²) in [4.78, 5) is 0. The maximum atomic E-state index is 5.96. The third kappa shape index (κ3) is 2.31. The second kappa shape index (κ2) is 4.90. The number of azo groups is 1. The maximum absolute atomic E-state index is 5.96. The maximum Gasteiger partial charge on any atom is 0.0936 e. The number of benzene rings is 3. The van der Waals surface area contributed by atoms with E-state index >= 15 is 0 Å². The Bertz CT molecular complexity index is 733. The lowest BCUT2D eigenvalue weighted by molar-refractivity contribution is 1.24. The van der Waals surface area contributed by atoms with Crippen LogP contribution in [0.2, 0.25) is 0 Å². The van der Waals surface area contributed by atoms with Gasteiger partial charge in [0, 0.05) is 16.5 Å². The van der Waals surface area contributed by atoms with Crippen LogP contribution in [0.3, 0.4) is 0 Å². The number of nitrogen functional groups attached to an aromatic ring is 1. The zero-order chi connectivity index (χ0) is 13.1. The van der Waals surface area contributed by atoms with Crippen molar-refractivity contribution in [3.05, 3.63) is 66.7 Å². The lowest BCUT2D eigenvalue weighted by Gasteiger charge is -2.03. The quantitative estimate of drug-likeness (QED) is 0.511. The number of hydrogen-bond donors (Lipinski definition) is 1. The monoisotopic (exact) mass is 247 g/mol. The van der Waals surface area contributed by atoms with Gasteiger partial charge in [0.05, 0.1) is 11.4 Å². The fourth-order valence-electron chi connectivity index (χ4n) is 2.01.